The molecule has 1 N–H and O–H groups in total. The van der Waals surface area contributed by atoms with Crippen LogP contribution in [-0.2, 0) is 11.3 Å². The molecule has 0 radical (unpaired) electrons. The van der Waals surface area contributed by atoms with Crippen molar-refractivity contribution < 1.29 is 4.74 Å². The highest BCUT2D eigenvalue weighted by atomic mass is 16.5. The van der Waals surface area contributed by atoms with Gasteiger partial charge in [0.2, 0.25) is 0 Å². The number of aromatic nitrogens is 2. The van der Waals surface area contributed by atoms with Crippen LogP contribution >= 0.6 is 0 Å². The Morgan fingerprint density at radius 1 is 1.56 bits per heavy atom. The van der Waals surface area contributed by atoms with E-state index in [0.717, 1.165) is 37.3 Å². The van der Waals surface area contributed by atoms with Gasteiger partial charge in [-0.2, -0.15) is 0 Å². The van der Waals surface area contributed by atoms with Crippen LogP contribution in [0, 0.1) is 0 Å². The number of hydrogen-bond acceptors (Lipinski definition) is 5. The summed E-state index contributed by atoms with van der Waals surface area (Å²) in [4.78, 5) is 10.9. The van der Waals surface area contributed by atoms with Crippen molar-refractivity contribution in [2.24, 2.45) is 0 Å². The predicted molar refractivity (Wildman–Crippen MR) is 71.6 cm³/mol. The predicted octanol–water partition coefficient (Wildman–Crippen LogP) is 1.20. The van der Waals surface area contributed by atoms with Crippen molar-refractivity contribution in [1.29, 1.82) is 0 Å². The lowest BCUT2D eigenvalue weighted by Crippen LogP contribution is -2.44. The molecule has 2 atom stereocenters. The lowest BCUT2D eigenvalue weighted by Gasteiger charge is -2.38. The molecule has 0 saturated carbocycles. The Morgan fingerprint density at radius 3 is 3.06 bits per heavy atom. The minimum Gasteiger partial charge on any atom is -0.381 e. The molecule has 1 aromatic heterocycles. The van der Waals surface area contributed by atoms with Gasteiger partial charge in [0.05, 0.1) is 6.10 Å². The first-order valence-electron chi connectivity index (χ1n) is 6.49. The highest BCUT2D eigenvalue weighted by molar-refractivity contribution is 5.46. The van der Waals surface area contributed by atoms with Crippen LogP contribution in [0.5, 0.6) is 0 Å². The third kappa shape index (κ3) is 2.79. The molecule has 0 amide bonds. The maximum atomic E-state index is 5.45. The van der Waals surface area contributed by atoms with Crippen LogP contribution in [0.25, 0.3) is 0 Å². The molecular formula is C13H22N4O. The molecule has 1 aromatic rings. The van der Waals surface area contributed by atoms with Crippen molar-refractivity contribution in [2.45, 2.75) is 38.5 Å². The van der Waals surface area contributed by atoms with E-state index in [1.165, 1.54) is 0 Å². The van der Waals surface area contributed by atoms with Crippen LogP contribution in [0.2, 0.25) is 0 Å². The molecule has 0 spiro atoms. The summed E-state index contributed by atoms with van der Waals surface area (Å²) in [5.74, 6) is 1.06. The largest absolute Gasteiger partial charge is 0.381 e. The fourth-order valence-electron chi connectivity index (χ4n) is 2.58. The molecule has 1 fully saturated rings. The molecule has 18 heavy (non-hydrogen) atoms. The average Bonchev–Trinajstić information content (AvgIpc) is 2.40. The van der Waals surface area contributed by atoms with Gasteiger partial charge in [-0.1, -0.05) is 0 Å². The Hall–Kier alpha value is -1.20. The van der Waals surface area contributed by atoms with Crippen LogP contribution in [-0.4, -0.2) is 42.8 Å². The summed E-state index contributed by atoms with van der Waals surface area (Å²) in [6, 6.07) is 0.453. The van der Waals surface area contributed by atoms with Crippen molar-refractivity contribution in [3.8, 4) is 0 Å². The zero-order valence-corrected chi connectivity index (χ0v) is 11.4. The van der Waals surface area contributed by atoms with E-state index >= 15 is 0 Å². The summed E-state index contributed by atoms with van der Waals surface area (Å²) >= 11 is 0. The van der Waals surface area contributed by atoms with Gasteiger partial charge >= 0.3 is 0 Å². The lowest BCUT2D eigenvalue weighted by molar-refractivity contribution is 0.0719. The first kappa shape index (κ1) is 13.2. The lowest BCUT2D eigenvalue weighted by atomic mass is 10.00. The molecule has 0 bridgehead atoms. The zero-order valence-electron chi connectivity index (χ0n) is 11.4. The van der Waals surface area contributed by atoms with E-state index in [1.807, 2.05) is 13.2 Å². The van der Waals surface area contributed by atoms with E-state index in [0.29, 0.717) is 12.1 Å². The molecule has 5 nitrogen and oxygen atoms in total. The topological polar surface area (TPSA) is 50.3 Å². The summed E-state index contributed by atoms with van der Waals surface area (Å²) < 4.78 is 5.45. The van der Waals surface area contributed by atoms with Crippen molar-refractivity contribution in [1.82, 2.24) is 15.3 Å². The molecular weight excluding hydrogens is 228 g/mol. The van der Waals surface area contributed by atoms with Gasteiger partial charge in [-0.25, -0.2) is 9.97 Å². The first-order valence-corrected chi connectivity index (χ1v) is 6.49. The molecule has 1 saturated heterocycles. The number of rotatable bonds is 4. The van der Waals surface area contributed by atoms with Crippen molar-refractivity contribution >= 4 is 5.82 Å². The molecule has 5 heteroatoms. The van der Waals surface area contributed by atoms with Gasteiger partial charge in [-0.3, -0.25) is 0 Å². The summed E-state index contributed by atoms with van der Waals surface area (Å²) in [6.07, 6.45) is 6.02. The minimum absolute atomic E-state index is 0.380. The third-order valence-corrected chi connectivity index (χ3v) is 3.56. The number of ether oxygens (including phenoxy) is 1. The van der Waals surface area contributed by atoms with Gasteiger partial charge < -0.3 is 15.0 Å². The van der Waals surface area contributed by atoms with Crippen molar-refractivity contribution in [3.63, 3.8) is 0 Å². The van der Waals surface area contributed by atoms with Crippen molar-refractivity contribution in [2.75, 3.05) is 25.6 Å². The van der Waals surface area contributed by atoms with Gasteiger partial charge in [0.25, 0.3) is 0 Å². The molecule has 0 aliphatic carbocycles. The van der Waals surface area contributed by atoms with Gasteiger partial charge in [-0.05, 0) is 26.8 Å². The zero-order chi connectivity index (χ0) is 13.0. The van der Waals surface area contributed by atoms with Crippen LogP contribution in [0.1, 0.15) is 25.3 Å². The highest BCUT2D eigenvalue weighted by Crippen LogP contribution is 2.26. The van der Waals surface area contributed by atoms with Crippen LogP contribution in [0.4, 0.5) is 5.82 Å². The smallest absolute Gasteiger partial charge is 0.136 e. The van der Waals surface area contributed by atoms with E-state index in [1.54, 1.807) is 13.4 Å². The van der Waals surface area contributed by atoms with Gasteiger partial charge in [0, 0.05) is 38.0 Å². The summed E-state index contributed by atoms with van der Waals surface area (Å²) in [6.45, 7) is 4.02. The normalized spacial score (nSPS) is 24.3. The number of nitrogens with one attached hydrogen (secondary N) is 1. The van der Waals surface area contributed by atoms with E-state index in [2.05, 4.69) is 27.1 Å². The third-order valence-electron chi connectivity index (χ3n) is 3.56. The average molecular weight is 250 g/mol. The number of methoxy groups -OCH3 is 1. The van der Waals surface area contributed by atoms with Crippen LogP contribution in [0.3, 0.4) is 0 Å². The Kier molecular flexibility index (Phi) is 4.49. The van der Waals surface area contributed by atoms with Crippen LogP contribution in [0.15, 0.2) is 12.5 Å². The molecule has 2 unspecified atom stereocenters. The fourth-order valence-corrected chi connectivity index (χ4v) is 2.58. The number of hydrogen-bond donors (Lipinski definition) is 1. The summed E-state index contributed by atoms with van der Waals surface area (Å²) in [5, 5.41) is 3.17. The maximum Gasteiger partial charge on any atom is 0.136 e. The van der Waals surface area contributed by atoms with Gasteiger partial charge in [0.1, 0.15) is 12.1 Å². The summed E-state index contributed by atoms with van der Waals surface area (Å²) in [5.41, 5.74) is 1.16. The monoisotopic (exact) mass is 250 g/mol. The second-order valence-electron chi connectivity index (χ2n) is 4.83. The number of nitrogens with zero attached hydrogens (tertiary/aromatic N) is 3. The van der Waals surface area contributed by atoms with E-state index in [4.69, 9.17) is 4.74 Å². The molecule has 100 valence electrons. The number of piperidine rings is 1. The first-order chi connectivity index (χ1) is 8.76. The highest BCUT2D eigenvalue weighted by Gasteiger charge is 2.27. The van der Waals surface area contributed by atoms with Crippen molar-refractivity contribution in [3.05, 3.63) is 18.1 Å². The summed E-state index contributed by atoms with van der Waals surface area (Å²) in [7, 11) is 3.74. The SMILES string of the molecule is CNCc1cncnc1N1CCC(OC)CC1C. The molecule has 2 heterocycles. The maximum absolute atomic E-state index is 5.45. The van der Waals surface area contributed by atoms with Crippen LogP contribution < -0.4 is 10.2 Å². The second-order valence-corrected chi connectivity index (χ2v) is 4.83. The Balaban J connectivity index is 2.16. The fraction of sp³-hybridized carbons (Fsp3) is 0.692. The second kappa shape index (κ2) is 6.11. The van der Waals surface area contributed by atoms with E-state index in [-0.39, 0.29) is 0 Å². The minimum atomic E-state index is 0.380. The molecule has 1 aliphatic rings. The standard InChI is InChI=1S/C13H22N4O/c1-10-6-12(18-3)4-5-17(10)13-11(7-14-2)8-15-9-16-13/h8-10,12,14H,4-7H2,1-3H3. The number of anilines is 1. The molecule has 1 aliphatic heterocycles. The van der Waals surface area contributed by atoms with Gasteiger partial charge in [-0.15, -0.1) is 0 Å². The molecule has 2 rings (SSSR count). The Labute approximate surface area is 109 Å². The van der Waals surface area contributed by atoms with Gasteiger partial charge in [0.15, 0.2) is 0 Å². The Morgan fingerprint density at radius 2 is 2.39 bits per heavy atom. The quantitative estimate of drug-likeness (QED) is 0.870. The van der Waals surface area contributed by atoms with E-state index in [9.17, 15) is 0 Å². The Bertz CT molecular complexity index is 385. The van der Waals surface area contributed by atoms with E-state index < -0.39 is 0 Å². The molecule has 0 aromatic carbocycles.